The number of hydrogen-bond donors (Lipinski definition) is 2. The van der Waals surface area contributed by atoms with E-state index in [9.17, 15) is 9.90 Å². The van der Waals surface area contributed by atoms with Crippen molar-refractivity contribution < 1.29 is 14.6 Å². The number of aryl methyl sites for hydroxylation is 1. The van der Waals surface area contributed by atoms with Gasteiger partial charge in [0.05, 0.1) is 22.5 Å². The number of nitrogens with two attached hydrogens (primary N) is 1. The van der Waals surface area contributed by atoms with Gasteiger partial charge in [-0.2, -0.15) is 0 Å². The molecule has 3 N–H and O–H groups in total. The normalized spacial score (nSPS) is 12.9. The number of rotatable bonds is 10. The maximum Gasteiger partial charge on any atom is 0.424 e. The second kappa shape index (κ2) is 11.4. The van der Waals surface area contributed by atoms with Crippen LogP contribution in [0.1, 0.15) is 28.8 Å². The Morgan fingerprint density at radius 1 is 1.10 bits per heavy atom. The third-order valence-corrected chi connectivity index (χ3v) is 5.65. The average Bonchev–Trinajstić information content (AvgIpc) is 3.30. The molecule has 30 heavy (non-hydrogen) atoms. The molecule has 3 aromatic rings. The molecule has 7 heteroatoms. The van der Waals surface area contributed by atoms with Crippen LogP contribution in [0.25, 0.3) is 0 Å². The third-order valence-electron chi connectivity index (χ3n) is 4.89. The molecule has 0 fully saturated rings. The predicted octanol–water partition coefficient (Wildman–Crippen LogP) is 3.95. The minimum atomic E-state index is -0.611. The Kier molecular flexibility index (Phi) is 8.38. The van der Waals surface area contributed by atoms with Crippen LogP contribution < -0.4 is 5.84 Å². The standard InChI is InChI=1S/C23H27N3O3S/c24-26(23(28)29-16-22-15-25-17-30-22)20(13-19-9-5-2-6-10-19)14-21(27)12-11-18-7-3-1-4-8-18/h1-10,15,17,20-21,27H,11-14,16,24H2. The Balaban J connectivity index is 1.60. The molecule has 158 valence electrons. The maximum atomic E-state index is 12.5. The number of thiazole rings is 1. The second-order valence-electron chi connectivity index (χ2n) is 7.19. The van der Waals surface area contributed by atoms with Gasteiger partial charge in [-0.25, -0.2) is 15.6 Å². The number of nitrogens with zero attached hydrogens (tertiary/aromatic N) is 2. The summed E-state index contributed by atoms with van der Waals surface area (Å²) in [5, 5.41) is 11.7. The van der Waals surface area contributed by atoms with E-state index in [1.54, 1.807) is 11.7 Å². The first-order chi connectivity index (χ1) is 14.6. The zero-order valence-electron chi connectivity index (χ0n) is 16.8. The molecule has 6 nitrogen and oxygen atoms in total. The van der Waals surface area contributed by atoms with Crippen LogP contribution >= 0.6 is 11.3 Å². The van der Waals surface area contributed by atoms with Crippen LogP contribution in [0.2, 0.25) is 0 Å². The summed E-state index contributed by atoms with van der Waals surface area (Å²) < 4.78 is 5.33. The summed E-state index contributed by atoms with van der Waals surface area (Å²) in [4.78, 5) is 17.3. The Morgan fingerprint density at radius 3 is 2.40 bits per heavy atom. The molecule has 2 aromatic carbocycles. The van der Waals surface area contributed by atoms with Gasteiger partial charge in [-0.3, -0.25) is 4.98 Å². The van der Waals surface area contributed by atoms with Crippen LogP contribution in [0.4, 0.5) is 4.79 Å². The van der Waals surface area contributed by atoms with Gasteiger partial charge >= 0.3 is 6.09 Å². The highest BCUT2D eigenvalue weighted by Crippen LogP contribution is 2.17. The number of benzene rings is 2. The molecule has 0 spiro atoms. The van der Waals surface area contributed by atoms with Gasteiger partial charge in [0.1, 0.15) is 6.61 Å². The van der Waals surface area contributed by atoms with E-state index in [0.717, 1.165) is 21.9 Å². The molecule has 1 aromatic heterocycles. The zero-order chi connectivity index (χ0) is 21.2. The Labute approximate surface area is 180 Å². The molecule has 0 saturated carbocycles. The summed E-state index contributed by atoms with van der Waals surface area (Å²) in [6.45, 7) is 0.131. The maximum absolute atomic E-state index is 12.5. The van der Waals surface area contributed by atoms with Gasteiger partial charge in [0.25, 0.3) is 0 Å². The molecule has 0 aliphatic rings. The van der Waals surface area contributed by atoms with E-state index < -0.39 is 12.2 Å². The molecule has 0 aliphatic heterocycles. The summed E-state index contributed by atoms with van der Waals surface area (Å²) in [5.41, 5.74) is 3.90. The van der Waals surface area contributed by atoms with E-state index in [4.69, 9.17) is 10.6 Å². The molecule has 0 bridgehead atoms. The summed E-state index contributed by atoms with van der Waals surface area (Å²) in [6.07, 6.45) is 2.73. The lowest BCUT2D eigenvalue weighted by molar-refractivity contribution is 0.0606. The minimum absolute atomic E-state index is 0.131. The highest BCUT2D eigenvalue weighted by atomic mass is 32.1. The van der Waals surface area contributed by atoms with Crippen molar-refractivity contribution in [1.29, 1.82) is 0 Å². The Bertz CT molecular complexity index is 875. The number of aromatic nitrogens is 1. The molecule has 2 unspecified atom stereocenters. The molecule has 0 radical (unpaired) electrons. The van der Waals surface area contributed by atoms with Crippen LogP contribution in [-0.2, 0) is 24.2 Å². The fourth-order valence-corrected chi connectivity index (χ4v) is 3.77. The van der Waals surface area contributed by atoms with E-state index in [2.05, 4.69) is 4.98 Å². The first-order valence-electron chi connectivity index (χ1n) is 9.96. The number of ether oxygens (including phenoxy) is 1. The first kappa shape index (κ1) is 22.0. The number of hydrazine groups is 1. The first-order valence-corrected chi connectivity index (χ1v) is 10.8. The second-order valence-corrected chi connectivity index (χ2v) is 8.16. The third kappa shape index (κ3) is 6.95. The predicted molar refractivity (Wildman–Crippen MR) is 118 cm³/mol. The quantitative estimate of drug-likeness (QED) is 0.292. The number of hydrogen-bond acceptors (Lipinski definition) is 6. The van der Waals surface area contributed by atoms with Gasteiger partial charge in [-0.05, 0) is 36.8 Å². The van der Waals surface area contributed by atoms with Crippen LogP contribution in [0.15, 0.2) is 72.4 Å². The highest BCUT2D eigenvalue weighted by Gasteiger charge is 2.25. The number of carbonyl (C=O) groups is 1. The molecular weight excluding hydrogens is 398 g/mol. The monoisotopic (exact) mass is 425 g/mol. The smallest absolute Gasteiger partial charge is 0.424 e. The van der Waals surface area contributed by atoms with Gasteiger partial charge in [-0.15, -0.1) is 11.3 Å². The van der Waals surface area contributed by atoms with Crippen molar-refractivity contribution in [2.75, 3.05) is 0 Å². The van der Waals surface area contributed by atoms with Crippen molar-refractivity contribution in [3.05, 3.63) is 88.4 Å². The SMILES string of the molecule is NN(C(=O)OCc1cncs1)C(Cc1ccccc1)CC(O)CCc1ccccc1. The Hall–Kier alpha value is -2.74. The summed E-state index contributed by atoms with van der Waals surface area (Å²) >= 11 is 1.42. The average molecular weight is 426 g/mol. The molecular formula is C23H27N3O3S. The molecule has 3 rings (SSSR count). The van der Waals surface area contributed by atoms with Crippen LogP contribution in [-0.4, -0.2) is 33.3 Å². The fraction of sp³-hybridized carbons (Fsp3) is 0.304. The van der Waals surface area contributed by atoms with Gasteiger partial charge in [0, 0.05) is 6.20 Å². The van der Waals surface area contributed by atoms with Crippen LogP contribution in [0.5, 0.6) is 0 Å². The van der Waals surface area contributed by atoms with Crippen molar-refractivity contribution in [2.45, 2.75) is 44.4 Å². The Morgan fingerprint density at radius 2 is 1.77 bits per heavy atom. The van der Waals surface area contributed by atoms with E-state index in [-0.39, 0.29) is 12.6 Å². The van der Waals surface area contributed by atoms with Crippen molar-refractivity contribution in [3.63, 3.8) is 0 Å². The number of aliphatic hydroxyl groups excluding tert-OH is 1. The van der Waals surface area contributed by atoms with Gasteiger partial charge in [0.15, 0.2) is 0 Å². The highest BCUT2D eigenvalue weighted by molar-refractivity contribution is 7.09. The lowest BCUT2D eigenvalue weighted by Gasteiger charge is -2.28. The zero-order valence-corrected chi connectivity index (χ0v) is 17.6. The number of aliphatic hydroxyl groups is 1. The molecule has 0 saturated heterocycles. The van der Waals surface area contributed by atoms with Crippen molar-refractivity contribution in [2.24, 2.45) is 5.84 Å². The summed E-state index contributed by atoms with van der Waals surface area (Å²) in [7, 11) is 0. The lowest BCUT2D eigenvalue weighted by Crippen LogP contribution is -2.48. The summed E-state index contributed by atoms with van der Waals surface area (Å²) in [6, 6.07) is 19.5. The molecule has 0 aliphatic carbocycles. The lowest BCUT2D eigenvalue weighted by atomic mass is 9.97. The molecule has 2 atom stereocenters. The van der Waals surface area contributed by atoms with Crippen molar-refractivity contribution in [1.82, 2.24) is 9.99 Å². The van der Waals surface area contributed by atoms with E-state index >= 15 is 0 Å². The van der Waals surface area contributed by atoms with Gasteiger partial charge in [-0.1, -0.05) is 60.7 Å². The van der Waals surface area contributed by atoms with Crippen LogP contribution in [0, 0.1) is 0 Å². The van der Waals surface area contributed by atoms with Gasteiger partial charge in [0.2, 0.25) is 0 Å². The largest absolute Gasteiger partial charge is 0.443 e. The van der Waals surface area contributed by atoms with Crippen LogP contribution in [0.3, 0.4) is 0 Å². The van der Waals surface area contributed by atoms with Crippen molar-refractivity contribution in [3.8, 4) is 0 Å². The molecule has 1 heterocycles. The van der Waals surface area contributed by atoms with Crippen molar-refractivity contribution >= 4 is 17.4 Å². The number of amides is 1. The minimum Gasteiger partial charge on any atom is -0.443 e. The van der Waals surface area contributed by atoms with E-state index in [0.29, 0.717) is 19.3 Å². The molecule has 1 amide bonds. The van der Waals surface area contributed by atoms with E-state index in [1.165, 1.54) is 16.9 Å². The fourth-order valence-electron chi connectivity index (χ4n) is 3.26. The van der Waals surface area contributed by atoms with Gasteiger partial charge < -0.3 is 9.84 Å². The summed E-state index contributed by atoms with van der Waals surface area (Å²) in [5.74, 6) is 6.14. The van der Waals surface area contributed by atoms with E-state index in [1.807, 2.05) is 60.7 Å². The number of carbonyl (C=O) groups excluding carboxylic acids is 1. The topological polar surface area (TPSA) is 88.7 Å².